The normalized spacial score (nSPS) is 23.1. The van der Waals surface area contributed by atoms with Crippen LogP contribution in [-0.2, 0) is 17.6 Å². The molecule has 0 bridgehead atoms. The van der Waals surface area contributed by atoms with E-state index in [2.05, 4.69) is 26.8 Å². The summed E-state index contributed by atoms with van der Waals surface area (Å²) in [5, 5.41) is 0. The maximum atomic E-state index is 12.1. The van der Waals surface area contributed by atoms with Crippen LogP contribution in [0.15, 0.2) is 6.07 Å². The maximum Gasteiger partial charge on any atom is 0.339 e. The summed E-state index contributed by atoms with van der Waals surface area (Å²) in [4.78, 5) is 12.1. The Morgan fingerprint density at radius 1 is 1.50 bits per heavy atom. The van der Waals surface area contributed by atoms with Crippen LogP contribution in [0, 0.1) is 12.3 Å². The van der Waals surface area contributed by atoms with E-state index in [9.17, 15) is 4.79 Å². The number of esters is 1. The second kappa shape index (κ2) is 3.74. The first-order valence-electron chi connectivity index (χ1n) is 6.38. The molecule has 1 aromatic carbocycles. The van der Waals surface area contributed by atoms with Crippen LogP contribution in [0.4, 0.5) is 0 Å². The van der Waals surface area contributed by atoms with Crippen LogP contribution in [-0.4, -0.2) is 11.8 Å². The number of halogens is 1. The Labute approximate surface area is 112 Å². The number of carbonyl (C=O) groups is 1. The van der Waals surface area contributed by atoms with Crippen LogP contribution in [0.2, 0.25) is 0 Å². The molecule has 1 aliphatic carbocycles. The van der Waals surface area contributed by atoms with Crippen molar-refractivity contribution in [1.29, 1.82) is 0 Å². The van der Waals surface area contributed by atoms with Crippen molar-refractivity contribution in [1.82, 2.24) is 0 Å². The van der Waals surface area contributed by atoms with Gasteiger partial charge >= 0.3 is 5.97 Å². The lowest BCUT2D eigenvalue weighted by atomic mass is 9.87. The van der Waals surface area contributed by atoms with E-state index in [1.54, 1.807) is 0 Å². The lowest BCUT2D eigenvalue weighted by Crippen LogP contribution is -2.19. The number of hydrogen-bond acceptors (Lipinski definition) is 2. The van der Waals surface area contributed by atoms with E-state index in [0.29, 0.717) is 5.88 Å². The smallest absolute Gasteiger partial charge is 0.339 e. The van der Waals surface area contributed by atoms with Gasteiger partial charge in [-0.05, 0) is 36.5 Å². The van der Waals surface area contributed by atoms with Crippen molar-refractivity contribution in [3.8, 4) is 0 Å². The van der Waals surface area contributed by atoms with E-state index < -0.39 is 0 Å². The molecule has 0 unspecified atom stereocenters. The molecular formula is C15H17ClO2. The van der Waals surface area contributed by atoms with Gasteiger partial charge < -0.3 is 4.74 Å². The molecule has 0 fully saturated rings. The third-order valence-electron chi connectivity index (χ3n) is 4.18. The summed E-state index contributed by atoms with van der Waals surface area (Å²) < 4.78 is 5.61. The highest BCUT2D eigenvalue weighted by Crippen LogP contribution is 2.53. The predicted octanol–water partition coefficient (Wildman–Crippen LogP) is 3.57. The molecular weight excluding hydrogens is 248 g/mol. The van der Waals surface area contributed by atoms with Crippen molar-refractivity contribution < 1.29 is 9.53 Å². The Morgan fingerprint density at radius 2 is 2.22 bits per heavy atom. The van der Waals surface area contributed by atoms with Gasteiger partial charge in [-0.15, -0.1) is 11.6 Å². The molecule has 1 aliphatic heterocycles. The van der Waals surface area contributed by atoms with Crippen molar-refractivity contribution in [2.24, 2.45) is 5.41 Å². The van der Waals surface area contributed by atoms with Gasteiger partial charge in [0.05, 0.1) is 5.56 Å². The molecule has 0 radical (unpaired) electrons. The van der Waals surface area contributed by atoms with Crippen LogP contribution in [0.3, 0.4) is 0 Å². The van der Waals surface area contributed by atoms with Gasteiger partial charge in [-0.3, -0.25) is 0 Å². The minimum Gasteiger partial charge on any atom is -0.453 e. The summed E-state index contributed by atoms with van der Waals surface area (Å²) in [6.45, 7) is 6.39. The van der Waals surface area contributed by atoms with Crippen molar-refractivity contribution in [3.63, 3.8) is 0 Å². The number of rotatable bonds is 2. The average molecular weight is 265 g/mol. The summed E-state index contributed by atoms with van der Waals surface area (Å²) in [6.07, 6.45) is 1.65. The molecule has 2 nitrogen and oxygen atoms in total. The lowest BCUT2D eigenvalue weighted by molar-refractivity contribution is 0.00862. The Morgan fingerprint density at radius 3 is 2.89 bits per heavy atom. The first-order valence-corrected chi connectivity index (χ1v) is 6.91. The summed E-state index contributed by atoms with van der Waals surface area (Å²) in [7, 11) is 0. The highest BCUT2D eigenvalue weighted by molar-refractivity contribution is 6.18. The number of hydrogen-bond donors (Lipinski definition) is 0. The summed E-state index contributed by atoms with van der Waals surface area (Å²) >= 11 is 5.85. The fourth-order valence-electron chi connectivity index (χ4n) is 3.40. The molecule has 1 aromatic rings. The molecule has 18 heavy (non-hydrogen) atoms. The Bertz CT molecular complexity index is 546. The summed E-state index contributed by atoms with van der Waals surface area (Å²) in [5.41, 5.74) is 5.47. The number of ether oxygens (including phenoxy) is 1. The van der Waals surface area contributed by atoms with E-state index in [1.807, 2.05) is 0 Å². The largest absolute Gasteiger partial charge is 0.453 e. The Balaban J connectivity index is 2.26. The fourth-order valence-corrected chi connectivity index (χ4v) is 3.59. The molecule has 0 saturated heterocycles. The minimum atomic E-state index is -0.159. The number of carbonyl (C=O) groups excluding carboxylic acids is 1. The highest BCUT2D eigenvalue weighted by atomic mass is 35.5. The Hall–Kier alpha value is -1.02. The molecule has 1 atom stereocenters. The van der Waals surface area contributed by atoms with Crippen LogP contribution in [0.1, 0.15) is 52.6 Å². The summed E-state index contributed by atoms with van der Waals surface area (Å²) in [5.74, 6) is 0.376. The zero-order chi connectivity index (χ0) is 13.1. The van der Waals surface area contributed by atoms with Gasteiger partial charge in [0.15, 0.2) is 0 Å². The maximum absolute atomic E-state index is 12.1. The molecule has 2 aliphatic rings. The van der Waals surface area contributed by atoms with Gasteiger partial charge in [-0.25, -0.2) is 4.79 Å². The highest BCUT2D eigenvalue weighted by Gasteiger charge is 2.49. The van der Waals surface area contributed by atoms with Gasteiger partial charge in [0.25, 0.3) is 0 Å². The fraction of sp³-hybridized carbons (Fsp3) is 0.533. The van der Waals surface area contributed by atoms with Crippen molar-refractivity contribution in [3.05, 3.63) is 33.9 Å². The van der Waals surface area contributed by atoms with Crippen molar-refractivity contribution >= 4 is 17.6 Å². The predicted molar refractivity (Wildman–Crippen MR) is 71.2 cm³/mol. The van der Waals surface area contributed by atoms with E-state index in [1.165, 1.54) is 11.1 Å². The van der Waals surface area contributed by atoms with Gasteiger partial charge in [0.2, 0.25) is 0 Å². The van der Waals surface area contributed by atoms with E-state index in [0.717, 1.165) is 29.5 Å². The standard InChI is InChI=1S/C15H17ClO2/c1-8-6-9-7-15(2,3)13-11(9)12(14(17)18-13)10(8)4-5-16/h6,13H,4-5,7H2,1-3H3/t13-/m1/s1. The molecule has 0 amide bonds. The molecule has 3 heteroatoms. The monoisotopic (exact) mass is 264 g/mol. The van der Waals surface area contributed by atoms with Crippen molar-refractivity contribution in [2.45, 2.75) is 39.7 Å². The number of alkyl halides is 1. The molecule has 3 rings (SSSR count). The van der Waals surface area contributed by atoms with Crippen LogP contribution >= 0.6 is 11.6 Å². The molecule has 96 valence electrons. The molecule has 1 heterocycles. The molecule has 0 aromatic heterocycles. The quantitative estimate of drug-likeness (QED) is 0.603. The number of benzene rings is 1. The average Bonchev–Trinajstić information content (AvgIpc) is 2.73. The first kappa shape index (κ1) is 12.0. The SMILES string of the molecule is Cc1cc2c3c(c1CCCl)C(=O)O[C@H]3C(C)(C)C2. The van der Waals surface area contributed by atoms with Crippen LogP contribution < -0.4 is 0 Å². The topological polar surface area (TPSA) is 26.3 Å². The van der Waals surface area contributed by atoms with E-state index in [-0.39, 0.29) is 17.5 Å². The van der Waals surface area contributed by atoms with Gasteiger partial charge in [0, 0.05) is 16.9 Å². The Kier molecular flexibility index (Phi) is 2.50. The molecule has 0 spiro atoms. The number of aryl methyl sites for hydroxylation is 1. The van der Waals surface area contributed by atoms with Gasteiger partial charge in [-0.2, -0.15) is 0 Å². The lowest BCUT2D eigenvalue weighted by Gasteiger charge is -2.23. The third-order valence-corrected chi connectivity index (χ3v) is 4.36. The van der Waals surface area contributed by atoms with Crippen LogP contribution in [0.5, 0.6) is 0 Å². The molecule has 0 saturated carbocycles. The second-order valence-corrected chi connectivity index (χ2v) is 6.39. The molecule has 0 N–H and O–H groups in total. The minimum absolute atomic E-state index is 0.00920. The summed E-state index contributed by atoms with van der Waals surface area (Å²) in [6, 6.07) is 2.21. The second-order valence-electron chi connectivity index (χ2n) is 6.01. The van der Waals surface area contributed by atoms with Gasteiger partial charge in [0.1, 0.15) is 6.10 Å². The van der Waals surface area contributed by atoms with E-state index >= 15 is 0 Å². The zero-order valence-electron chi connectivity index (χ0n) is 11.0. The van der Waals surface area contributed by atoms with Gasteiger partial charge in [-0.1, -0.05) is 19.9 Å². The zero-order valence-corrected chi connectivity index (χ0v) is 11.7. The van der Waals surface area contributed by atoms with Crippen LogP contribution in [0.25, 0.3) is 0 Å². The first-order chi connectivity index (χ1) is 8.45. The van der Waals surface area contributed by atoms with Crippen molar-refractivity contribution in [2.75, 3.05) is 5.88 Å². The van der Waals surface area contributed by atoms with E-state index in [4.69, 9.17) is 16.3 Å². The third kappa shape index (κ3) is 1.45.